The van der Waals surface area contributed by atoms with Crippen molar-refractivity contribution in [2.75, 3.05) is 7.05 Å². The van der Waals surface area contributed by atoms with Gasteiger partial charge in [0.25, 0.3) is 5.91 Å². The number of carbonyl (C=O) groups is 1. The van der Waals surface area contributed by atoms with Crippen molar-refractivity contribution in [1.82, 2.24) is 10.3 Å². The Hall–Kier alpha value is -2.36. The lowest BCUT2D eigenvalue weighted by Crippen LogP contribution is -2.43. The van der Waals surface area contributed by atoms with Gasteiger partial charge in [0.1, 0.15) is 5.75 Å². The molecule has 1 aromatic carbocycles. The van der Waals surface area contributed by atoms with E-state index in [-0.39, 0.29) is 5.91 Å². The molecule has 6 rings (SSSR count). The quantitative estimate of drug-likeness (QED) is 0.852. The number of rotatable bonds is 4. The number of hydrogen-bond acceptors (Lipinski definition) is 3. The van der Waals surface area contributed by atoms with Crippen LogP contribution in [0.4, 0.5) is 0 Å². The van der Waals surface area contributed by atoms with E-state index in [2.05, 4.69) is 34.6 Å². The molecule has 0 atom stereocenters. The van der Waals surface area contributed by atoms with Crippen LogP contribution in [0, 0.1) is 23.7 Å². The molecule has 4 aliphatic rings. The van der Waals surface area contributed by atoms with Crippen molar-refractivity contribution in [3.05, 3.63) is 53.7 Å². The van der Waals surface area contributed by atoms with Crippen molar-refractivity contribution in [3.8, 4) is 11.6 Å². The monoisotopic (exact) mass is 362 g/mol. The minimum atomic E-state index is -0.144. The first-order valence-corrected chi connectivity index (χ1v) is 10.2. The first-order valence-electron chi connectivity index (χ1n) is 10.2. The molecule has 0 unspecified atom stereocenters. The molecule has 0 radical (unpaired) electrons. The van der Waals surface area contributed by atoms with Crippen LogP contribution in [-0.2, 0) is 0 Å². The van der Waals surface area contributed by atoms with Crippen molar-refractivity contribution in [1.29, 1.82) is 0 Å². The summed E-state index contributed by atoms with van der Waals surface area (Å²) in [5.41, 5.74) is 2.01. The number of amides is 1. The molecule has 1 N–H and O–H groups in total. The van der Waals surface area contributed by atoms with Gasteiger partial charge in [0.2, 0.25) is 5.88 Å². The Labute approximate surface area is 160 Å². The standard InChI is InChI=1S/C23H26N2O2/c1-24-23(26)17-4-7-21(25-13-17)27-20-5-2-16(3-6-20)22-18-9-14-8-15(11-18)12-19(22)10-14/h2-7,13-15,18-19,22H,8-12H2,1H3,(H,24,26)/t14-,15+,18-,19+,22?. The van der Waals surface area contributed by atoms with Crippen molar-refractivity contribution in [2.45, 2.75) is 38.0 Å². The normalized spacial score (nSPS) is 30.9. The molecule has 27 heavy (non-hydrogen) atoms. The predicted octanol–water partition coefficient (Wildman–Crippen LogP) is 4.77. The van der Waals surface area contributed by atoms with Gasteiger partial charge < -0.3 is 10.1 Å². The van der Waals surface area contributed by atoms with Gasteiger partial charge in [0.05, 0.1) is 5.56 Å². The molecule has 140 valence electrons. The summed E-state index contributed by atoms with van der Waals surface area (Å²) in [5.74, 6) is 5.71. The van der Waals surface area contributed by atoms with Crippen LogP contribution >= 0.6 is 0 Å². The maximum absolute atomic E-state index is 11.6. The van der Waals surface area contributed by atoms with E-state index in [1.807, 2.05) is 0 Å². The third-order valence-electron chi connectivity index (χ3n) is 6.94. The van der Waals surface area contributed by atoms with E-state index in [0.29, 0.717) is 11.4 Å². The minimum absolute atomic E-state index is 0.144. The van der Waals surface area contributed by atoms with Gasteiger partial charge >= 0.3 is 0 Å². The van der Waals surface area contributed by atoms with E-state index >= 15 is 0 Å². The molecule has 1 amide bonds. The zero-order valence-electron chi connectivity index (χ0n) is 15.7. The molecular formula is C23H26N2O2. The van der Waals surface area contributed by atoms with Crippen LogP contribution in [0.3, 0.4) is 0 Å². The molecule has 0 spiro atoms. The Morgan fingerprint density at radius 1 is 0.963 bits per heavy atom. The van der Waals surface area contributed by atoms with Crippen molar-refractivity contribution in [2.24, 2.45) is 23.7 Å². The maximum atomic E-state index is 11.6. The fourth-order valence-electron chi connectivity index (χ4n) is 6.07. The van der Waals surface area contributed by atoms with Crippen molar-refractivity contribution in [3.63, 3.8) is 0 Å². The third-order valence-corrected chi connectivity index (χ3v) is 6.94. The zero-order chi connectivity index (χ0) is 18.4. The second-order valence-electron chi connectivity index (χ2n) is 8.59. The van der Waals surface area contributed by atoms with Crippen LogP contribution in [0.1, 0.15) is 53.9 Å². The largest absolute Gasteiger partial charge is 0.439 e. The minimum Gasteiger partial charge on any atom is -0.439 e. The fourth-order valence-corrected chi connectivity index (χ4v) is 6.07. The number of hydrogen-bond donors (Lipinski definition) is 1. The Morgan fingerprint density at radius 2 is 1.63 bits per heavy atom. The van der Waals surface area contributed by atoms with E-state index in [4.69, 9.17) is 4.74 Å². The summed E-state index contributed by atoms with van der Waals surface area (Å²) in [4.78, 5) is 15.8. The van der Waals surface area contributed by atoms with E-state index in [1.54, 1.807) is 19.2 Å². The summed E-state index contributed by atoms with van der Waals surface area (Å²) in [6.45, 7) is 0. The SMILES string of the molecule is CNC(=O)c1ccc(Oc2ccc(C3[C@H]4C[C@@H]5C[C@@H](C[C@H]3C5)C4)cc2)nc1. The lowest BCUT2D eigenvalue weighted by Gasteiger charge is -2.54. The van der Waals surface area contributed by atoms with Crippen LogP contribution in [-0.4, -0.2) is 17.9 Å². The zero-order valence-corrected chi connectivity index (χ0v) is 15.7. The Morgan fingerprint density at radius 3 is 2.19 bits per heavy atom. The maximum Gasteiger partial charge on any atom is 0.252 e. The number of nitrogens with zero attached hydrogens (tertiary/aromatic N) is 1. The molecule has 4 saturated carbocycles. The molecule has 1 heterocycles. The first-order chi connectivity index (χ1) is 13.2. The Bertz CT molecular complexity index is 800. The summed E-state index contributed by atoms with van der Waals surface area (Å²) in [6, 6.07) is 12.1. The van der Waals surface area contributed by atoms with Gasteiger partial charge in [0, 0.05) is 19.3 Å². The highest BCUT2D eigenvalue weighted by Crippen LogP contribution is 2.59. The lowest BCUT2D eigenvalue weighted by molar-refractivity contribution is -0.00279. The fraction of sp³-hybridized carbons (Fsp3) is 0.478. The Balaban J connectivity index is 1.29. The molecule has 4 heteroatoms. The molecule has 1 aromatic heterocycles. The summed E-state index contributed by atoms with van der Waals surface area (Å²) in [7, 11) is 1.61. The smallest absolute Gasteiger partial charge is 0.252 e. The highest BCUT2D eigenvalue weighted by molar-refractivity contribution is 5.93. The van der Waals surface area contributed by atoms with Crippen LogP contribution in [0.5, 0.6) is 11.6 Å². The summed E-state index contributed by atoms with van der Waals surface area (Å²) >= 11 is 0. The van der Waals surface area contributed by atoms with Gasteiger partial charge in [0.15, 0.2) is 0 Å². The average molecular weight is 362 g/mol. The molecule has 0 saturated heterocycles. The van der Waals surface area contributed by atoms with Gasteiger partial charge in [-0.15, -0.1) is 0 Å². The van der Waals surface area contributed by atoms with E-state index in [0.717, 1.165) is 35.3 Å². The average Bonchev–Trinajstić information content (AvgIpc) is 2.68. The van der Waals surface area contributed by atoms with Gasteiger partial charge in [-0.2, -0.15) is 0 Å². The number of nitrogens with one attached hydrogen (secondary N) is 1. The van der Waals surface area contributed by atoms with Gasteiger partial charge in [-0.3, -0.25) is 4.79 Å². The van der Waals surface area contributed by atoms with Crippen molar-refractivity contribution < 1.29 is 9.53 Å². The van der Waals surface area contributed by atoms with Crippen molar-refractivity contribution >= 4 is 5.91 Å². The highest BCUT2D eigenvalue weighted by Gasteiger charge is 2.48. The molecule has 4 nitrogen and oxygen atoms in total. The van der Waals surface area contributed by atoms with E-state index in [1.165, 1.54) is 43.9 Å². The third kappa shape index (κ3) is 3.11. The summed E-state index contributed by atoms with van der Waals surface area (Å²) in [5, 5.41) is 2.59. The van der Waals surface area contributed by atoms with E-state index < -0.39 is 0 Å². The topological polar surface area (TPSA) is 51.2 Å². The number of carbonyl (C=O) groups excluding carboxylic acids is 1. The predicted molar refractivity (Wildman–Crippen MR) is 104 cm³/mol. The highest BCUT2D eigenvalue weighted by atomic mass is 16.5. The first kappa shape index (κ1) is 16.8. The summed E-state index contributed by atoms with van der Waals surface area (Å²) < 4.78 is 5.86. The number of ether oxygens (including phenoxy) is 1. The molecule has 4 aliphatic carbocycles. The van der Waals surface area contributed by atoms with Crippen LogP contribution in [0.2, 0.25) is 0 Å². The number of benzene rings is 1. The van der Waals surface area contributed by atoms with Gasteiger partial charge in [-0.1, -0.05) is 12.1 Å². The second-order valence-corrected chi connectivity index (χ2v) is 8.59. The Kier molecular flexibility index (Phi) is 4.14. The lowest BCUT2D eigenvalue weighted by atomic mass is 9.51. The molecule has 4 bridgehead atoms. The summed E-state index contributed by atoms with van der Waals surface area (Å²) in [6.07, 6.45) is 8.80. The second kappa shape index (κ2) is 6.66. The van der Waals surface area contributed by atoms with Gasteiger partial charge in [-0.25, -0.2) is 4.98 Å². The molecule has 0 aliphatic heterocycles. The van der Waals surface area contributed by atoms with Crippen LogP contribution < -0.4 is 10.1 Å². The van der Waals surface area contributed by atoms with E-state index in [9.17, 15) is 4.79 Å². The molecular weight excluding hydrogens is 336 g/mol. The number of pyridine rings is 1. The molecule has 2 aromatic rings. The van der Waals surface area contributed by atoms with Crippen LogP contribution in [0.25, 0.3) is 0 Å². The van der Waals surface area contributed by atoms with Crippen LogP contribution in [0.15, 0.2) is 42.6 Å². The van der Waals surface area contributed by atoms with Gasteiger partial charge in [-0.05, 0) is 85.5 Å². The molecule has 4 fully saturated rings. The number of aromatic nitrogens is 1.